The number of nitriles is 1. The summed E-state index contributed by atoms with van der Waals surface area (Å²) < 4.78 is 3.81. The molecule has 5 rings (SSSR count). The van der Waals surface area contributed by atoms with E-state index in [9.17, 15) is 5.26 Å². The van der Waals surface area contributed by atoms with Gasteiger partial charge in [0.25, 0.3) is 0 Å². The first-order valence-electron chi connectivity index (χ1n) is 9.55. The van der Waals surface area contributed by atoms with Crippen LogP contribution in [-0.2, 0) is 0 Å². The Morgan fingerprint density at radius 2 is 1.32 bits per heavy atom. The van der Waals surface area contributed by atoms with E-state index in [0.29, 0.717) is 16.9 Å². The number of nitrogens with zero attached hydrogens (tertiary/aromatic N) is 4. The predicted molar refractivity (Wildman–Crippen MR) is 130 cm³/mol. The van der Waals surface area contributed by atoms with Gasteiger partial charge in [-0.25, -0.2) is 9.67 Å². The highest BCUT2D eigenvalue weighted by atomic mass is 79.9. The summed E-state index contributed by atoms with van der Waals surface area (Å²) in [6.45, 7) is 0. The number of hydrogen-bond donors (Lipinski definition) is 0. The molecule has 0 spiro atoms. The predicted octanol–water partition coefficient (Wildman–Crippen LogP) is 7.15. The van der Waals surface area contributed by atoms with Crippen molar-refractivity contribution in [2.45, 2.75) is 0 Å². The Labute approximate surface area is 196 Å². The Hall–Kier alpha value is -3.27. The Kier molecular flexibility index (Phi) is 5.14. The van der Waals surface area contributed by atoms with Crippen molar-refractivity contribution in [3.63, 3.8) is 0 Å². The fourth-order valence-electron chi connectivity index (χ4n) is 3.52. The van der Waals surface area contributed by atoms with Crippen LogP contribution in [0, 0.1) is 11.3 Å². The van der Waals surface area contributed by atoms with E-state index in [1.807, 2.05) is 89.6 Å². The van der Waals surface area contributed by atoms with E-state index >= 15 is 0 Å². The number of halogens is 2. The van der Waals surface area contributed by atoms with Gasteiger partial charge >= 0.3 is 0 Å². The van der Waals surface area contributed by atoms with Crippen molar-refractivity contribution in [3.05, 3.63) is 99.4 Å². The Balaban J connectivity index is 1.83. The van der Waals surface area contributed by atoms with Crippen LogP contribution in [0.4, 0.5) is 0 Å². The van der Waals surface area contributed by atoms with E-state index in [2.05, 4.69) is 37.9 Å². The molecule has 0 amide bonds. The number of para-hydroxylation sites is 1. The van der Waals surface area contributed by atoms with Crippen LogP contribution in [0.1, 0.15) is 5.56 Å². The van der Waals surface area contributed by atoms with Gasteiger partial charge in [0.05, 0.1) is 16.9 Å². The number of hydrogen-bond acceptors (Lipinski definition) is 3. The van der Waals surface area contributed by atoms with Gasteiger partial charge < -0.3 is 0 Å². The summed E-state index contributed by atoms with van der Waals surface area (Å²) in [6.07, 6.45) is 0. The van der Waals surface area contributed by atoms with Crippen LogP contribution in [0.15, 0.2) is 93.9 Å². The second-order valence-electron chi connectivity index (χ2n) is 6.98. The second kappa shape index (κ2) is 8.10. The number of aromatic nitrogens is 3. The minimum Gasteiger partial charge on any atom is -0.227 e. The van der Waals surface area contributed by atoms with E-state index in [4.69, 9.17) is 10.1 Å². The van der Waals surface area contributed by atoms with E-state index in [0.717, 1.165) is 36.8 Å². The van der Waals surface area contributed by atoms with Crippen molar-refractivity contribution in [3.8, 4) is 34.3 Å². The molecule has 0 bridgehead atoms. The number of benzene rings is 3. The zero-order chi connectivity index (χ0) is 21.4. The molecule has 2 aromatic heterocycles. The highest BCUT2D eigenvalue weighted by Gasteiger charge is 2.19. The zero-order valence-corrected chi connectivity index (χ0v) is 19.3. The maximum Gasteiger partial charge on any atom is 0.164 e. The first kappa shape index (κ1) is 19.7. The molecule has 0 atom stereocenters. The summed E-state index contributed by atoms with van der Waals surface area (Å²) in [6, 6.07) is 29.9. The lowest BCUT2D eigenvalue weighted by Crippen LogP contribution is -1.99. The van der Waals surface area contributed by atoms with Gasteiger partial charge in [-0.3, -0.25) is 0 Å². The van der Waals surface area contributed by atoms with Crippen molar-refractivity contribution in [2.24, 2.45) is 0 Å². The molecule has 0 saturated heterocycles. The van der Waals surface area contributed by atoms with E-state index in [-0.39, 0.29) is 0 Å². The largest absolute Gasteiger partial charge is 0.227 e. The molecule has 0 aliphatic carbocycles. The SMILES string of the molecule is N#Cc1cc2c(-c3ccc(Br)cc3)nn(-c3ccccc3)c2nc1-c1ccc(Br)cc1. The van der Waals surface area contributed by atoms with Crippen LogP contribution >= 0.6 is 31.9 Å². The van der Waals surface area contributed by atoms with Crippen LogP contribution in [-0.4, -0.2) is 14.8 Å². The van der Waals surface area contributed by atoms with Crippen molar-refractivity contribution >= 4 is 42.9 Å². The molecular formula is C25H14Br2N4. The molecule has 0 fully saturated rings. The van der Waals surface area contributed by atoms with Gasteiger partial charge in [-0.05, 0) is 42.5 Å². The van der Waals surface area contributed by atoms with Gasteiger partial charge in [0.1, 0.15) is 11.8 Å². The first-order chi connectivity index (χ1) is 15.1. The summed E-state index contributed by atoms with van der Waals surface area (Å²) >= 11 is 6.96. The molecule has 0 saturated carbocycles. The molecule has 2 heterocycles. The molecule has 31 heavy (non-hydrogen) atoms. The summed E-state index contributed by atoms with van der Waals surface area (Å²) in [5, 5.41) is 15.6. The Bertz CT molecular complexity index is 1430. The van der Waals surface area contributed by atoms with Crippen molar-refractivity contribution < 1.29 is 0 Å². The molecule has 6 heteroatoms. The Morgan fingerprint density at radius 1 is 0.742 bits per heavy atom. The summed E-state index contributed by atoms with van der Waals surface area (Å²) in [4.78, 5) is 4.94. The quantitative estimate of drug-likeness (QED) is 0.249. The molecule has 4 nitrogen and oxygen atoms in total. The van der Waals surface area contributed by atoms with Crippen molar-refractivity contribution in [1.29, 1.82) is 5.26 Å². The highest BCUT2D eigenvalue weighted by Crippen LogP contribution is 2.33. The molecule has 5 aromatic rings. The lowest BCUT2D eigenvalue weighted by atomic mass is 10.0. The van der Waals surface area contributed by atoms with Gasteiger partial charge in [0, 0.05) is 25.5 Å². The summed E-state index contributed by atoms with van der Waals surface area (Å²) in [7, 11) is 0. The summed E-state index contributed by atoms with van der Waals surface area (Å²) in [5.74, 6) is 0. The Morgan fingerprint density at radius 3 is 1.90 bits per heavy atom. The maximum atomic E-state index is 9.88. The monoisotopic (exact) mass is 528 g/mol. The normalized spacial score (nSPS) is 10.9. The molecule has 0 N–H and O–H groups in total. The average Bonchev–Trinajstić information content (AvgIpc) is 3.18. The smallest absolute Gasteiger partial charge is 0.164 e. The zero-order valence-electron chi connectivity index (χ0n) is 16.1. The molecule has 148 valence electrons. The third-order valence-corrected chi connectivity index (χ3v) is 6.07. The minimum atomic E-state index is 0.515. The van der Waals surface area contributed by atoms with Crippen molar-refractivity contribution in [1.82, 2.24) is 14.8 Å². The van der Waals surface area contributed by atoms with Gasteiger partial charge in [-0.15, -0.1) is 0 Å². The third kappa shape index (κ3) is 3.67. The van der Waals surface area contributed by atoms with Gasteiger partial charge in [0.15, 0.2) is 5.65 Å². The van der Waals surface area contributed by atoms with Crippen LogP contribution < -0.4 is 0 Å². The molecule has 0 unspecified atom stereocenters. The lowest BCUT2D eigenvalue weighted by Gasteiger charge is -2.07. The van der Waals surface area contributed by atoms with Crippen LogP contribution in [0.5, 0.6) is 0 Å². The van der Waals surface area contributed by atoms with E-state index < -0.39 is 0 Å². The second-order valence-corrected chi connectivity index (χ2v) is 8.81. The topological polar surface area (TPSA) is 54.5 Å². The lowest BCUT2D eigenvalue weighted by molar-refractivity contribution is 0.901. The fraction of sp³-hybridized carbons (Fsp3) is 0. The molecule has 0 radical (unpaired) electrons. The van der Waals surface area contributed by atoms with Gasteiger partial charge in [-0.1, -0.05) is 74.3 Å². The first-order valence-corrected chi connectivity index (χ1v) is 11.1. The summed E-state index contributed by atoms with van der Waals surface area (Å²) in [5.41, 5.74) is 5.41. The van der Waals surface area contributed by atoms with Crippen LogP contribution in [0.3, 0.4) is 0 Å². The average molecular weight is 530 g/mol. The highest BCUT2D eigenvalue weighted by molar-refractivity contribution is 9.10. The maximum absolute atomic E-state index is 9.88. The number of fused-ring (bicyclic) bond motifs is 1. The van der Waals surface area contributed by atoms with Crippen LogP contribution in [0.25, 0.3) is 39.2 Å². The third-order valence-electron chi connectivity index (χ3n) is 5.01. The molecule has 0 aliphatic heterocycles. The minimum absolute atomic E-state index is 0.515. The molecule has 3 aromatic carbocycles. The fourth-order valence-corrected chi connectivity index (χ4v) is 4.05. The molecular weight excluding hydrogens is 516 g/mol. The standard InChI is InChI=1S/C25H14Br2N4/c26-19-10-6-16(7-11-19)23-18(15-28)14-22-24(17-8-12-20(27)13-9-17)30-31(25(22)29-23)21-4-2-1-3-5-21/h1-14H. The van der Waals surface area contributed by atoms with Crippen molar-refractivity contribution in [2.75, 3.05) is 0 Å². The van der Waals surface area contributed by atoms with E-state index in [1.54, 1.807) is 0 Å². The number of rotatable bonds is 3. The molecule has 0 aliphatic rings. The van der Waals surface area contributed by atoms with Gasteiger partial charge in [0.2, 0.25) is 0 Å². The van der Waals surface area contributed by atoms with Crippen LogP contribution in [0.2, 0.25) is 0 Å². The van der Waals surface area contributed by atoms with E-state index in [1.165, 1.54) is 0 Å². The number of pyridine rings is 1. The van der Waals surface area contributed by atoms with Gasteiger partial charge in [-0.2, -0.15) is 10.4 Å².